The smallest absolute Gasteiger partial charge is 0.205 e. The SMILES string of the molecule is CCCO[SiH](C)c1ccccc1. The predicted octanol–water partition coefficient (Wildman–Crippen LogP) is 1.67. The second kappa shape index (κ2) is 5.12. The van der Waals surface area contributed by atoms with Gasteiger partial charge in [0.05, 0.1) is 0 Å². The van der Waals surface area contributed by atoms with E-state index in [0.29, 0.717) is 0 Å². The van der Waals surface area contributed by atoms with Crippen molar-refractivity contribution in [3.63, 3.8) is 0 Å². The first kappa shape index (κ1) is 9.48. The molecule has 1 unspecified atom stereocenters. The standard InChI is InChI=1S/C10H16OSi/c1-3-9-11-12(2)10-7-5-4-6-8-10/h4-8,12H,3,9H2,1-2H3. The number of hydrogen-bond donors (Lipinski definition) is 0. The first-order valence-electron chi connectivity index (χ1n) is 4.51. The maximum Gasteiger partial charge on any atom is 0.205 e. The highest BCUT2D eigenvalue weighted by atomic mass is 28.3. The largest absolute Gasteiger partial charge is 0.416 e. The quantitative estimate of drug-likeness (QED) is 0.641. The Labute approximate surface area is 76.1 Å². The van der Waals surface area contributed by atoms with E-state index < -0.39 is 9.04 Å². The fourth-order valence-electron chi connectivity index (χ4n) is 1.11. The van der Waals surface area contributed by atoms with Gasteiger partial charge in [0, 0.05) is 6.61 Å². The molecule has 0 radical (unpaired) electrons. The van der Waals surface area contributed by atoms with Crippen LogP contribution in [0.15, 0.2) is 30.3 Å². The molecule has 0 amide bonds. The maximum atomic E-state index is 5.72. The molecule has 0 saturated carbocycles. The van der Waals surface area contributed by atoms with Crippen LogP contribution in [0.5, 0.6) is 0 Å². The van der Waals surface area contributed by atoms with Gasteiger partial charge in [-0.3, -0.25) is 0 Å². The molecule has 1 atom stereocenters. The molecule has 2 heteroatoms. The average molecular weight is 180 g/mol. The van der Waals surface area contributed by atoms with Gasteiger partial charge in [-0.25, -0.2) is 0 Å². The summed E-state index contributed by atoms with van der Waals surface area (Å²) >= 11 is 0. The Morgan fingerprint density at radius 2 is 1.92 bits per heavy atom. The Kier molecular flexibility index (Phi) is 4.04. The lowest BCUT2D eigenvalue weighted by Gasteiger charge is -2.10. The molecule has 12 heavy (non-hydrogen) atoms. The second-order valence-corrected chi connectivity index (χ2v) is 5.21. The predicted molar refractivity (Wildman–Crippen MR) is 55.3 cm³/mol. The van der Waals surface area contributed by atoms with E-state index in [0.717, 1.165) is 13.0 Å². The van der Waals surface area contributed by atoms with Crippen LogP contribution in [0, 0.1) is 0 Å². The van der Waals surface area contributed by atoms with Crippen LogP contribution in [0.25, 0.3) is 0 Å². The molecule has 1 aromatic carbocycles. The molecule has 0 aliphatic heterocycles. The molecule has 0 aliphatic rings. The molecule has 0 spiro atoms. The normalized spacial score (nSPS) is 12.8. The Hall–Kier alpha value is -0.603. The van der Waals surface area contributed by atoms with Gasteiger partial charge in [-0.05, 0) is 18.2 Å². The van der Waals surface area contributed by atoms with Gasteiger partial charge < -0.3 is 4.43 Å². The van der Waals surface area contributed by atoms with Crippen LogP contribution in [0.4, 0.5) is 0 Å². The van der Waals surface area contributed by atoms with Crippen molar-refractivity contribution in [1.29, 1.82) is 0 Å². The van der Waals surface area contributed by atoms with Crippen molar-refractivity contribution in [1.82, 2.24) is 0 Å². The molecule has 0 heterocycles. The number of benzene rings is 1. The summed E-state index contributed by atoms with van der Waals surface area (Å²) in [6, 6.07) is 10.5. The molecule has 0 aromatic heterocycles. The van der Waals surface area contributed by atoms with Gasteiger partial charge in [0.2, 0.25) is 9.04 Å². The number of rotatable bonds is 4. The topological polar surface area (TPSA) is 9.23 Å². The lowest BCUT2D eigenvalue weighted by Crippen LogP contribution is -2.30. The zero-order valence-corrected chi connectivity index (χ0v) is 8.94. The van der Waals surface area contributed by atoms with E-state index >= 15 is 0 Å². The van der Waals surface area contributed by atoms with Gasteiger partial charge in [-0.1, -0.05) is 37.3 Å². The fourth-order valence-corrected chi connectivity index (χ4v) is 2.66. The van der Waals surface area contributed by atoms with Crippen LogP contribution < -0.4 is 5.19 Å². The first-order chi connectivity index (χ1) is 5.84. The second-order valence-electron chi connectivity index (χ2n) is 2.92. The van der Waals surface area contributed by atoms with Crippen LogP contribution in [0.3, 0.4) is 0 Å². The van der Waals surface area contributed by atoms with E-state index in [1.807, 2.05) is 6.07 Å². The Balaban J connectivity index is 2.48. The van der Waals surface area contributed by atoms with Gasteiger partial charge >= 0.3 is 0 Å². The molecule has 0 N–H and O–H groups in total. The lowest BCUT2D eigenvalue weighted by atomic mass is 10.4. The van der Waals surface area contributed by atoms with Crippen molar-refractivity contribution < 1.29 is 4.43 Å². The molecular weight excluding hydrogens is 164 g/mol. The highest BCUT2D eigenvalue weighted by Crippen LogP contribution is 1.91. The minimum atomic E-state index is -1.08. The van der Waals surface area contributed by atoms with E-state index in [-0.39, 0.29) is 0 Å². The number of hydrogen-bond acceptors (Lipinski definition) is 1. The van der Waals surface area contributed by atoms with Gasteiger partial charge in [0.1, 0.15) is 0 Å². The van der Waals surface area contributed by atoms with E-state index in [1.165, 1.54) is 5.19 Å². The molecule has 66 valence electrons. The molecule has 1 rings (SSSR count). The van der Waals surface area contributed by atoms with E-state index in [9.17, 15) is 0 Å². The summed E-state index contributed by atoms with van der Waals surface area (Å²) < 4.78 is 5.72. The minimum absolute atomic E-state index is 0.905. The van der Waals surface area contributed by atoms with Gasteiger partial charge in [-0.15, -0.1) is 0 Å². The van der Waals surface area contributed by atoms with E-state index in [1.54, 1.807) is 0 Å². The van der Waals surface area contributed by atoms with E-state index in [4.69, 9.17) is 4.43 Å². The van der Waals surface area contributed by atoms with Crippen molar-refractivity contribution in [3.8, 4) is 0 Å². The molecule has 0 aliphatic carbocycles. The van der Waals surface area contributed by atoms with Gasteiger partial charge in [0.15, 0.2) is 0 Å². The van der Waals surface area contributed by atoms with Crippen LogP contribution in [0.2, 0.25) is 6.55 Å². The van der Waals surface area contributed by atoms with Crippen molar-refractivity contribution in [2.24, 2.45) is 0 Å². The zero-order chi connectivity index (χ0) is 8.81. The van der Waals surface area contributed by atoms with Crippen molar-refractivity contribution >= 4 is 14.2 Å². The fraction of sp³-hybridized carbons (Fsp3) is 0.400. The van der Waals surface area contributed by atoms with E-state index in [2.05, 4.69) is 37.7 Å². The summed E-state index contributed by atoms with van der Waals surface area (Å²) in [5.41, 5.74) is 0. The summed E-state index contributed by atoms with van der Waals surface area (Å²) in [7, 11) is -1.08. The molecule has 1 aromatic rings. The third-order valence-electron chi connectivity index (χ3n) is 1.84. The van der Waals surface area contributed by atoms with Gasteiger partial charge in [0.25, 0.3) is 0 Å². The maximum absolute atomic E-state index is 5.72. The van der Waals surface area contributed by atoms with Crippen LogP contribution in [-0.2, 0) is 4.43 Å². The molecule has 1 nitrogen and oxygen atoms in total. The summed E-state index contributed by atoms with van der Waals surface area (Å²) in [6.45, 7) is 5.28. The molecular formula is C10H16OSi. The Morgan fingerprint density at radius 3 is 2.50 bits per heavy atom. The third-order valence-corrected chi connectivity index (χ3v) is 3.90. The summed E-state index contributed by atoms with van der Waals surface area (Å²) in [5, 5.41) is 1.39. The summed E-state index contributed by atoms with van der Waals surface area (Å²) in [4.78, 5) is 0. The lowest BCUT2D eigenvalue weighted by molar-refractivity contribution is 0.329. The zero-order valence-electron chi connectivity index (χ0n) is 7.79. The van der Waals surface area contributed by atoms with Crippen molar-refractivity contribution in [2.45, 2.75) is 19.9 Å². The summed E-state index contributed by atoms with van der Waals surface area (Å²) in [6.07, 6.45) is 1.12. The van der Waals surface area contributed by atoms with Gasteiger partial charge in [-0.2, -0.15) is 0 Å². The minimum Gasteiger partial charge on any atom is -0.416 e. The molecule has 0 bridgehead atoms. The monoisotopic (exact) mass is 180 g/mol. The first-order valence-corrected chi connectivity index (χ1v) is 6.71. The highest BCUT2D eigenvalue weighted by molar-refractivity contribution is 6.66. The van der Waals surface area contributed by atoms with Crippen molar-refractivity contribution in [3.05, 3.63) is 30.3 Å². The third kappa shape index (κ3) is 2.79. The molecule has 0 saturated heterocycles. The van der Waals surface area contributed by atoms with Crippen LogP contribution in [0.1, 0.15) is 13.3 Å². The Morgan fingerprint density at radius 1 is 1.25 bits per heavy atom. The van der Waals surface area contributed by atoms with Crippen LogP contribution >= 0.6 is 0 Å². The highest BCUT2D eigenvalue weighted by Gasteiger charge is 2.05. The Bertz CT molecular complexity index is 210. The average Bonchev–Trinajstić information content (AvgIpc) is 2.15. The van der Waals surface area contributed by atoms with Crippen LogP contribution in [-0.4, -0.2) is 15.6 Å². The molecule has 0 fully saturated rings. The van der Waals surface area contributed by atoms with Crippen molar-refractivity contribution in [2.75, 3.05) is 6.61 Å². The summed E-state index contributed by atoms with van der Waals surface area (Å²) in [5.74, 6) is 0.